The number of likely N-dealkylation sites (N-methyl/N-ethyl adjacent to an activating group) is 1. The molecule has 3 aromatic rings. The number of nitrogens with zero attached hydrogens (tertiary/aromatic N) is 2. The third kappa shape index (κ3) is 6.99. The van der Waals surface area contributed by atoms with Gasteiger partial charge in [0.05, 0.1) is 10.6 Å². The molecule has 0 aliphatic carbocycles. The van der Waals surface area contributed by atoms with Crippen LogP contribution >= 0.6 is 15.9 Å². The summed E-state index contributed by atoms with van der Waals surface area (Å²) >= 11 is 3.40. The maximum absolute atomic E-state index is 13.8. The Hall–Kier alpha value is -3.17. The molecule has 0 fully saturated rings. The number of hydrogen-bond donors (Lipinski definition) is 1. The summed E-state index contributed by atoms with van der Waals surface area (Å²) in [4.78, 5) is 28.1. The fraction of sp³-hybridized carbons (Fsp3) is 0.286. The number of anilines is 1. The highest BCUT2D eigenvalue weighted by molar-refractivity contribution is 9.10. The average Bonchev–Trinajstić information content (AvgIpc) is 2.86. The van der Waals surface area contributed by atoms with Gasteiger partial charge >= 0.3 is 0 Å². The molecule has 0 spiro atoms. The van der Waals surface area contributed by atoms with E-state index in [4.69, 9.17) is 0 Å². The number of carbonyl (C=O) groups is 2. The summed E-state index contributed by atoms with van der Waals surface area (Å²) in [6.45, 7) is 7.38. The Kier molecular flexibility index (Phi) is 9.50. The number of aryl methyl sites for hydroxylation is 2. The maximum atomic E-state index is 13.8. The first-order valence-corrected chi connectivity index (χ1v) is 14.2. The largest absolute Gasteiger partial charge is 0.355 e. The number of sulfonamides is 1. The van der Waals surface area contributed by atoms with E-state index in [1.807, 2.05) is 38.1 Å². The van der Waals surface area contributed by atoms with Crippen molar-refractivity contribution in [2.75, 3.05) is 17.4 Å². The third-order valence-electron chi connectivity index (χ3n) is 6.10. The molecule has 1 unspecified atom stereocenters. The summed E-state index contributed by atoms with van der Waals surface area (Å²) in [6.07, 6.45) is 0. The lowest BCUT2D eigenvalue weighted by atomic mass is 10.1. The summed E-state index contributed by atoms with van der Waals surface area (Å²) in [7, 11) is -4.09. The van der Waals surface area contributed by atoms with Crippen LogP contribution in [0.5, 0.6) is 0 Å². The van der Waals surface area contributed by atoms with Gasteiger partial charge in [-0.15, -0.1) is 0 Å². The Bertz CT molecular complexity index is 1360. The lowest BCUT2D eigenvalue weighted by molar-refractivity contribution is -0.139. The topological polar surface area (TPSA) is 86.8 Å². The average molecular weight is 587 g/mol. The Balaban J connectivity index is 2.04. The Labute approximate surface area is 227 Å². The minimum absolute atomic E-state index is 0.0769. The second kappa shape index (κ2) is 12.4. The predicted octanol–water partition coefficient (Wildman–Crippen LogP) is 4.81. The Morgan fingerprint density at radius 1 is 0.973 bits per heavy atom. The maximum Gasteiger partial charge on any atom is 0.264 e. The summed E-state index contributed by atoms with van der Waals surface area (Å²) < 4.78 is 29.4. The monoisotopic (exact) mass is 585 g/mol. The van der Waals surface area contributed by atoms with Gasteiger partial charge in [0.15, 0.2) is 0 Å². The first-order valence-electron chi connectivity index (χ1n) is 12.0. The van der Waals surface area contributed by atoms with Gasteiger partial charge in [-0.25, -0.2) is 8.42 Å². The van der Waals surface area contributed by atoms with Crippen LogP contribution in [0.1, 0.15) is 30.5 Å². The summed E-state index contributed by atoms with van der Waals surface area (Å²) in [5, 5.41) is 2.76. The normalized spacial score (nSPS) is 12.0. The van der Waals surface area contributed by atoms with E-state index in [0.29, 0.717) is 16.7 Å². The minimum Gasteiger partial charge on any atom is -0.355 e. The van der Waals surface area contributed by atoms with E-state index in [1.165, 1.54) is 17.0 Å². The summed E-state index contributed by atoms with van der Waals surface area (Å²) in [5.74, 6) is -0.794. The molecule has 1 N–H and O–H groups in total. The second-order valence-electron chi connectivity index (χ2n) is 8.82. The van der Waals surface area contributed by atoms with Crippen LogP contribution in [0, 0.1) is 13.8 Å². The molecule has 2 amide bonds. The van der Waals surface area contributed by atoms with Gasteiger partial charge in [0, 0.05) is 17.6 Å². The molecule has 7 nitrogen and oxygen atoms in total. The number of rotatable bonds is 10. The number of benzene rings is 3. The van der Waals surface area contributed by atoms with Crippen molar-refractivity contribution in [3.63, 3.8) is 0 Å². The van der Waals surface area contributed by atoms with Crippen LogP contribution in [-0.2, 0) is 26.2 Å². The molecule has 3 aromatic carbocycles. The molecule has 0 aromatic heterocycles. The first kappa shape index (κ1) is 28.4. The zero-order valence-corrected chi connectivity index (χ0v) is 23.8. The van der Waals surface area contributed by atoms with E-state index >= 15 is 0 Å². The molecule has 1 atom stereocenters. The van der Waals surface area contributed by atoms with Crippen LogP contribution in [-0.4, -0.2) is 44.3 Å². The van der Waals surface area contributed by atoms with Gasteiger partial charge in [0.25, 0.3) is 10.0 Å². The van der Waals surface area contributed by atoms with Crippen molar-refractivity contribution in [1.82, 2.24) is 10.2 Å². The molecule has 0 radical (unpaired) electrons. The van der Waals surface area contributed by atoms with Crippen LogP contribution in [0.4, 0.5) is 5.69 Å². The number of halogens is 1. The highest BCUT2D eigenvalue weighted by Gasteiger charge is 2.32. The summed E-state index contributed by atoms with van der Waals surface area (Å²) in [6, 6.07) is 20.1. The van der Waals surface area contributed by atoms with Gasteiger partial charge in [0.1, 0.15) is 12.6 Å². The molecular weight excluding hydrogens is 554 g/mol. The van der Waals surface area contributed by atoms with Crippen LogP contribution in [0.25, 0.3) is 0 Å². The lowest BCUT2D eigenvalue weighted by Gasteiger charge is -2.32. The molecule has 0 saturated heterocycles. The lowest BCUT2D eigenvalue weighted by Crippen LogP contribution is -2.51. The first-order chi connectivity index (χ1) is 17.5. The highest BCUT2D eigenvalue weighted by atomic mass is 79.9. The van der Waals surface area contributed by atoms with E-state index in [0.717, 1.165) is 21.0 Å². The van der Waals surface area contributed by atoms with Crippen LogP contribution in [0.2, 0.25) is 0 Å². The molecule has 0 heterocycles. The minimum atomic E-state index is -4.09. The number of carbonyl (C=O) groups excluding carboxylic acids is 2. The van der Waals surface area contributed by atoms with Gasteiger partial charge in [-0.05, 0) is 69.2 Å². The molecule has 0 aliphatic heterocycles. The Morgan fingerprint density at radius 3 is 2.27 bits per heavy atom. The van der Waals surface area contributed by atoms with Crippen molar-refractivity contribution in [2.45, 2.75) is 45.2 Å². The third-order valence-corrected chi connectivity index (χ3v) is 8.39. The molecule has 196 valence electrons. The van der Waals surface area contributed by atoms with Crippen LogP contribution < -0.4 is 9.62 Å². The fourth-order valence-corrected chi connectivity index (χ4v) is 5.67. The van der Waals surface area contributed by atoms with Gasteiger partial charge < -0.3 is 10.2 Å². The fourth-order valence-electron chi connectivity index (χ4n) is 3.87. The molecule has 0 saturated carbocycles. The van der Waals surface area contributed by atoms with Crippen molar-refractivity contribution >= 4 is 43.5 Å². The van der Waals surface area contributed by atoms with Crippen molar-refractivity contribution in [3.05, 3.63) is 94.0 Å². The van der Waals surface area contributed by atoms with Gasteiger partial charge in [-0.1, -0.05) is 64.0 Å². The molecule has 3 rings (SSSR count). The van der Waals surface area contributed by atoms with E-state index in [2.05, 4.69) is 21.2 Å². The molecular formula is C28H32BrN3O4S. The Morgan fingerprint density at radius 2 is 1.65 bits per heavy atom. The standard InChI is InChI=1S/C28H32BrN3O4S/c1-5-30-28(34)22(4)31(18-23-10-7-6-9-21(23)3)27(33)19-32(25-12-8-11-24(29)17-25)37(35,36)26-15-13-20(2)14-16-26/h6-17,22H,5,18-19H2,1-4H3,(H,30,34). The van der Waals surface area contributed by atoms with Gasteiger partial charge in [0.2, 0.25) is 11.8 Å². The van der Waals surface area contributed by atoms with Gasteiger partial charge in [-0.2, -0.15) is 0 Å². The molecule has 0 aliphatic rings. The van der Waals surface area contributed by atoms with E-state index in [9.17, 15) is 18.0 Å². The van der Waals surface area contributed by atoms with Gasteiger partial charge in [-0.3, -0.25) is 13.9 Å². The predicted molar refractivity (Wildman–Crippen MR) is 150 cm³/mol. The van der Waals surface area contributed by atoms with Crippen LogP contribution in [0.15, 0.2) is 82.2 Å². The second-order valence-corrected chi connectivity index (χ2v) is 11.6. The molecule has 0 bridgehead atoms. The zero-order chi connectivity index (χ0) is 27.2. The summed E-state index contributed by atoms with van der Waals surface area (Å²) in [5.41, 5.74) is 3.11. The van der Waals surface area contributed by atoms with Crippen molar-refractivity contribution in [2.24, 2.45) is 0 Å². The van der Waals surface area contributed by atoms with Crippen molar-refractivity contribution in [3.8, 4) is 0 Å². The number of hydrogen-bond acceptors (Lipinski definition) is 4. The van der Waals surface area contributed by atoms with Crippen LogP contribution in [0.3, 0.4) is 0 Å². The van der Waals surface area contributed by atoms with Crippen molar-refractivity contribution in [1.29, 1.82) is 0 Å². The van der Waals surface area contributed by atoms with E-state index in [-0.39, 0.29) is 17.3 Å². The SMILES string of the molecule is CCNC(=O)C(C)N(Cc1ccccc1C)C(=O)CN(c1cccc(Br)c1)S(=O)(=O)c1ccc(C)cc1. The number of amides is 2. The molecule has 9 heteroatoms. The van der Waals surface area contributed by atoms with Crippen molar-refractivity contribution < 1.29 is 18.0 Å². The number of nitrogens with one attached hydrogen (secondary N) is 1. The van der Waals surface area contributed by atoms with E-state index in [1.54, 1.807) is 50.2 Å². The van der Waals surface area contributed by atoms with E-state index < -0.39 is 28.5 Å². The zero-order valence-electron chi connectivity index (χ0n) is 21.4. The molecule has 37 heavy (non-hydrogen) atoms. The quantitative estimate of drug-likeness (QED) is 0.370. The smallest absolute Gasteiger partial charge is 0.264 e. The highest BCUT2D eigenvalue weighted by Crippen LogP contribution is 2.27.